The molecule has 17 heavy (non-hydrogen) atoms. The number of hydrogen-bond donors (Lipinski definition) is 0. The van der Waals surface area contributed by atoms with Gasteiger partial charge >= 0.3 is 0 Å². The number of hydrogen-bond acceptors (Lipinski definition) is 2. The van der Waals surface area contributed by atoms with Gasteiger partial charge in [-0.3, -0.25) is 4.79 Å². The van der Waals surface area contributed by atoms with E-state index in [1.54, 1.807) is 11.3 Å². The molecule has 0 N–H and O–H groups in total. The molecule has 0 saturated carbocycles. The van der Waals surface area contributed by atoms with E-state index in [4.69, 9.17) is 0 Å². The van der Waals surface area contributed by atoms with Crippen molar-refractivity contribution in [3.05, 3.63) is 54.8 Å². The third kappa shape index (κ3) is 2.60. The highest BCUT2D eigenvalue weighted by atomic mass is 127. The van der Waals surface area contributed by atoms with E-state index in [1.807, 2.05) is 37.3 Å². The standard InChI is InChI=1S/C14H13IOS/c1-3-10-7-8-12(17-10)14(16)11-6-4-5-9(2)13(11)15/h4-8H,3H2,1-2H3. The third-order valence-corrected chi connectivity index (χ3v) is 5.33. The van der Waals surface area contributed by atoms with Gasteiger partial charge in [-0.1, -0.05) is 19.1 Å². The van der Waals surface area contributed by atoms with Gasteiger partial charge in [0.2, 0.25) is 5.78 Å². The molecular weight excluding hydrogens is 343 g/mol. The van der Waals surface area contributed by atoms with Crippen LogP contribution in [0.4, 0.5) is 0 Å². The molecule has 0 aliphatic rings. The molecule has 88 valence electrons. The number of ketones is 1. The zero-order chi connectivity index (χ0) is 12.4. The quantitative estimate of drug-likeness (QED) is 0.587. The fraction of sp³-hybridized carbons (Fsp3) is 0.214. The summed E-state index contributed by atoms with van der Waals surface area (Å²) in [5, 5.41) is 0. The van der Waals surface area contributed by atoms with Gasteiger partial charge in [0, 0.05) is 14.0 Å². The Balaban J connectivity index is 2.40. The lowest BCUT2D eigenvalue weighted by atomic mass is 10.1. The van der Waals surface area contributed by atoms with Crippen LogP contribution in [-0.2, 0) is 6.42 Å². The minimum atomic E-state index is 0.141. The Hall–Kier alpha value is -0.680. The predicted octanol–water partition coefficient (Wildman–Crippen LogP) is 4.45. The smallest absolute Gasteiger partial charge is 0.204 e. The molecule has 0 aliphatic heterocycles. The highest BCUT2D eigenvalue weighted by Gasteiger charge is 2.15. The Labute approximate surface area is 119 Å². The largest absolute Gasteiger partial charge is 0.288 e. The summed E-state index contributed by atoms with van der Waals surface area (Å²) in [7, 11) is 0. The molecule has 0 amide bonds. The molecule has 0 saturated heterocycles. The van der Waals surface area contributed by atoms with Crippen LogP contribution in [0.15, 0.2) is 30.3 Å². The van der Waals surface area contributed by atoms with E-state index in [2.05, 4.69) is 29.5 Å². The minimum absolute atomic E-state index is 0.141. The van der Waals surface area contributed by atoms with Crippen molar-refractivity contribution in [2.45, 2.75) is 20.3 Å². The van der Waals surface area contributed by atoms with E-state index in [-0.39, 0.29) is 5.78 Å². The van der Waals surface area contributed by atoms with Gasteiger partial charge in [0.05, 0.1) is 4.88 Å². The van der Waals surface area contributed by atoms with Crippen LogP contribution in [0, 0.1) is 10.5 Å². The highest BCUT2D eigenvalue weighted by molar-refractivity contribution is 14.1. The van der Waals surface area contributed by atoms with Crippen molar-refractivity contribution < 1.29 is 4.79 Å². The fourth-order valence-corrected chi connectivity index (χ4v) is 3.15. The first-order chi connectivity index (χ1) is 8.13. The number of halogens is 1. The summed E-state index contributed by atoms with van der Waals surface area (Å²) in [6.07, 6.45) is 0.989. The summed E-state index contributed by atoms with van der Waals surface area (Å²) < 4.78 is 1.06. The van der Waals surface area contributed by atoms with Crippen LogP contribution in [0.1, 0.15) is 32.6 Å². The minimum Gasteiger partial charge on any atom is -0.288 e. The second-order valence-electron chi connectivity index (χ2n) is 3.89. The molecular formula is C14H13IOS. The summed E-state index contributed by atoms with van der Waals surface area (Å²) in [5.74, 6) is 0.141. The van der Waals surface area contributed by atoms with Crippen LogP contribution in [0.2, 0.25) is 0 Å². The average Bonchev–Trinajstić information content (AvgIpc) is 2.80. The molecule has 1 heterocycles. The summed E-state index contributed by atoms with van der Waals surface area (Å²) in [6.45, 7) is 4.14. The van der Waals surface area contributed by atoms with Gasteiger partial charge in [-0.15, -0.1) is 11.3 Å². The van der Waals surface area contributed by atoms with Crippen molar-refractivity contribution in [3.8, 4) is 0 Å². The number of thiophene rings is 1. The number of benzene rings is 1. The number of carbonyl (C=O) groups excluding carboxylic acids is 1. The maximum atomic E-state index is 12.4. The Morgan fingerprint density at radius 1 is 1.29 bits per heavy atom. The fourth-order valence-electron chi connectivity index (χ4n) is 1.65. The van der Waals surface area contributed by atoms with Crippen LogP contribution in [0.3, 0.4) is 0 Å². The maximum Gasteiger partial charge on any atom is 0.204 e. The molecule has 0 atom stereocenters. The van der Waals surface area contributed by atoms with E-state index in [9.17, 15) is 4.79 Å². The van der Waals surface area contributed by atoms with E-state index in [0.717, 1.165) is 26.0 Å². The van der Waals surface area contributed by atoms with Gasteiger partial charge in [-0.2, -0.15) is 0 Å². The first-order valence-electron chi connectivity index (χ1n) is 5.52. The maximum absolute atomic E-state index is 12.4. The highest BCUT2D eigenvalue weighted by Crippen LogP contribution is 2.24. The van der Waals surface area contributed by atoms with Gasteiger partial charge in [0.25, 0.3) is 0 Å². The number of rotatable bonds is 3. The molecule has 1 aromatic heterocycles. The zero-order valence-corrected chi connectivity index (χ0v) is 12.8. The number of carbonyl (C=O) groups is 1. The molecule has 2 rings (SSSR count). The average molecular weight is 356 g/mol. The molecule has 0 radical (unpaired) electrons. The van der Waals surface area contributed by atoms with Crippen LogP contribution >= 0.6 is 33.9 Å². The van der Waals surface area contributed by atoms with Gasteiger partial charge in [0.1, 0.15) is 0 Å². The molecule has 1 nitrogen and oxygen atoms in total. The van der Waals surface area contributed by atoms with Gasteiger partial charge in [-0.05, 0) is 59.7 Å². The summed E-state index contributed by atoms with van der Waals surface area (Å²) >= 11 is 3.84. The van der Waals surface area contributed by atoms with Gasteiger partial charge in [-0.25, -0.2) is 0 Å². The molecule has 0 fully saturated rings. The van der Waals surface area contributed by atoms with Crippen LogP contribution < -0.4 is 0 Å². The van der Waals surface area contributed by atoms with Crippen molar-refractivity contribution in [2.75, 3.05) is 0 Å². The lowest BCUT2D eigenvalue weighted by Crippen LogP contribution is -2.02. The second-order valence-corrected chi connectivity index (χ2v) is 6.13. The molecule has 0 unspecified atom stereocenters. The van der Waals surface area contributed by atoms with Gasteiger partial charge < -0.3 is 0 Å². The van der Waals surface area contributed by atoms with Crippen molar-refractivity contribution in [1.82, 2.24) is 0 Å². The van der Waals surface area contributed by atoms with E-state index >= 15 is 0 Å². The van der Waals surface area contributed by atoms with Crippen LogP contribution in [0.25, 0.3) is 0 Å². The molecule has 0 bridgehead atoms. The van der Waals surface area contributed by atoms with E-state index < -0.39 is 0 Å². The monoisotopic (exact) mass is 356 g/mol. The summed E-state index contributed by atoms with van der Waals surface area (Å²) in [6, 6.07) is 9.86. The first-order valence-corrected chi connectivity index (χ1v) is 7.41. The predicted molar refractivity (Wildman–Crippen MR) is 81.0 cm³/mol. The number of aryl methyl sites for hydroxylation is 2. The summed E-state index contributed by atoms with van der Waals surface area (Å²) in [5.41, 5.74) is 1.97. The van der Waals surface area contributed by atoms with E-state index in [1.165, 1.54) is 4.88 Å². The lowest BCUT2D eigenvalue weighted by molar-refractivity contribution is 0.104. The van der Waals surface area contributed by atoms with Gasteiger partial charge in [0.15, 0.2) is 0 Å². The van der Waals surface area contributed by atoms with Crippen LogP contribution in [0.5, 0.6) is 0 Å². The second kappa shape index (κ2) is 5.31. The van der Waals surface area contributed by atoms with Crippen molar-refractivity contribution in [1.29, 1.82) is 0 Å². The van der Waals surface area contributed by atoms with Crippen molar-refractivity contribution >= 4 is 39.7 Å². The molecule has 3 heteroatoms. The van der Waals surface area contributed by atoms with Crippen molar-refractivity contribution in [3.63, 3.8) is 0 Å². The van der Waals surface area contributed by atoms with Crippen LogP contribution in [-0.4, -0.2) is 5.78 Å². The molecule has 0 aliphatic carbocycles. The Morgan fingerprint density at radius 3 is 2.71 bits per heavy atom. The Bertz CT molecular complexity index is 557. The summed E-state index contributed by atoms with van der Waals surface area (Å²) in [4.78, 5) is 14.5. The lowest BCUT2D eigenvalue weighted by Gasteiger charge is -2.04. The molecule has 2 aromatic rings. The third-order valence-electron chi connectivity index (χ3n) is 2.67. The molecule has 1 aromatic carbocycles. The van der Waals surface area contributed by atoms with E-state index in [0.29, 0.717) is 0 Å². The van der Waals surface area contributed by atoms with Crippen molar-refractivity contribution in [2.24, 2.45) is 0 Å². The Morgan fingerprint density at radius 2 is 2.06 bits per heavy atom. The molecule has 0 spiro atoms. The normalized spacial score (nSPS) is 10.5. The SMILES string of the molecule is CCc1ccc(C(=O)c2cccc(C)c2I)s1. The first kappa shape index (κ1) is 12.8. The topological polar surface area (TPSA) is 17.1 Å². The Kier molecular flexibility index (Phi) is 3.99. The zero-order valence-electron chi connectivity index (χ0n) is 9.79.